The molecule has 12 heteroatoms. The molecule has 4 atom stereocenters. The highest BCUT2D eigenvalue weighted by atomic mass is 16.6. The second-order valence-corrected chi connectivity index (χ2v) is 13.7. The lowest BCUT2D eigenvalue weighted by molar-refractivity contribution is -0.145. The second-order valence-electron chi connectivity index (χ2n) is 13.7. The number of aliphatic hydroxyl groups excluding tert-OH is 1. The molecule has 0 spiro atoms. The van der Waals surface area contributed by atoms with Crippen molar-refractivity contribution in [2.75, 3.05) is 13.7 Å². The number of alkyl carbamates (subject to hydrolysis) is 1. The molecule has 274 valence electrons. The van der Waals surface area contributed by atoms with Crippen molar-refractivity contribution in [3.63, 3.8) is 0 Å². The van der Waals surface area contributed by atoms with Gasteiger partial charge < -0.3 is 30.5 Å². The minimum atomic E-state index is -1.46. The van der Waals surface area contributed by atoms with Gasteiger partial charge >= 0.3 is 18.1 Å². The number of amides is 5. The summed E-state index contributed by atoms with van der Waals surface area (Å²) in [5.41, 5.74) is 0.920. The standard InChI is InChI=1S/C39H50N4O8/c1-26(2)22-31(34(45)40-32(36(47)50-6)24-28-18-12-8-13-19-28)41-37(48)43(35(46)29-20-14-9-15-21-29)25-33(44)30(23-27-16-10-7-11-17-27)42-38(49)51-39(3,4)5/h7-21,26,30-33,44H,22-25H2,1-6H3,(H,40,45)(H,41,48)(H,42,49)/t30-,31-,32-,33-/m1/s1. The van der Waals surface area contributed by atoms with Gasteiger partial charge in [0.2, 0.25) is 5.91 Å². The Morgan fingerprint density at radius 1 is 0.745 bits per heavy atom. The largest absolute Gasteiger partial charge is 0.467 e. The molecule has 4 N–H and O–H groups in total. The first-order valence-corrected chi connectivity index (χ1v) is 17.0. The van der Waals surface area contributed by atoms with Crippen LogP contribution in [0.1, 0.15) is 62.5 Å². The molecule has 3 rings (SSSR count). The summed E-state index contributed by atoms with van der Waals surface area (Å²) in [6.07, 6.45) is -1.76. The predicted octanol–water partition coefficient (Wildman–Crippen LogP) is 4.65. The molecule has 0 radical (unpaired) electrons. The fourth-order valence-electron chi connectivity index (χ4n) is 5.31. The van der Waals surface area contributed by atoms with E-state index in [0.29, 0.717) is 0 Å². The van der Waals surface area contributed by atoms with Crippen LogP contribution in [-0.4, -0.2) is 83.4 Å². The maximum atomic E-state index is 14.0. The SMILES string of the molecule is COC(=O)[C@@H](Cc1ccccc1)NC(=O)[C@@H](CC(C)C)NC(=O)N(C[C@@H](O)[C@@H](Cc1ccccc1)NC(=O)OC(C)(C)C)C(=O)c1ccccc1. The Labute approximate surface area is 299 Å². The first-order valence-electron chi connectivity index (χ1n) is 17.0. The number of hydrogen-bond donors (Lipinski definition) is 4. The molecule has 0 fully saturated rings. The number of hydrogen-bond acceptors (Lipinski definition) is 8. The molecule has 0 saturated carbocycles. The second kappa shape index (κ2) is 19.2. The van der Waals surface area contributed by atoms with Gasteiger partial charge in [-0.25, -0.2) is 14.4 Å². The molecule has 51 heavy (non-hydrogen) atoms. The van der Waals surface area contributed by atoms with Crippen LogP contribution in [-0.2, 0) is 31.9 Å². The smallest absolute Gasteiger partial charge is 0.407 e. The molecule has 0 saturated heterocycles. The molecule has 3 aromatic carbocycles. The van der Waals surface area contributed by atoms with E-state index in [1.807, 2.05) is 74.5 Å². The van der Waals surface area contributed by atoms with Crippen LogP contribution < -0.4 is 16.0 Å². The normalized spacial score (nSPS) is 13.6. The Morgan fingerprint density at radius 3 is 1.78 bits per heavy atom. The highest BCUT2D eigenvalue weighted by Gasteiger charge is 2.34. The number of benzene rings is 3. The van der Waals surface area contributed by atoms with Crippen LogP contribution in [0.15, 0.2) is 91.0 Å². The number of rotatable bonds is 15. The van der Waals surface area contributed by atoms with Crippen molar-refractivity contribution in [1.82, 2.24) is 20.9 Å². The van der Waals surface area contributed by atoms with Crippen molar-refractivity contribution in [2.45, 2.75) is 83.7 Å². The first-order chi connectivity index (χ1) is 24.2. The Hall–Kier alpha value is -5.23. The quantitative estimate of drug-likeness (QED) is 0.166. The van der Waals surface area contributed by atoms with Crippen LogP contribution in [0, 0.1) is 5.92 Å². The zero-order valence-electron chi connectivity index (χ0n) is 30.1. The van der Waals surface area contributed by atoms with E-state index in [4.69, 9.17) is 9.47 Å². The minimum absolute atomic E-state index is 0.0797. The summed E-state index contributed by atoms with van der Waals surface area (Å²) >= 11 is 0. The van der Waals surface area contributed by atoms with Crippen molar-refractivity contribution in [2.24, 2.45) is 5.92 Å². The van der Waals surface area contributed by atoms with Crippen molar-refractivity contribution in [3.05, 3.63) is 108 Å². The highest BCUT2D eigenvalue weighted by molar-refractivity contribution is 6.05. The summed E-state index contributed by atoms with van der Waals surface area (Å²) in [5.74, 6) is -2.12. The average Bonchev–Trinajstić information content (AvgIpc) is 3.09. The molecule has 0 aliphatic heterocycles. The molecular weight excluding hydrogens is 652 g/mol. The summed E-state index contributed by atoms with van der Waals surface area (Å²) in [4.78, 5) is 68.0. The summed E-state index contributed by atoms with van der Waals surface area (Å²) < 4.78 is 10.4. The van der Waals surface area contributed by atoms with Gasteiger partial charge in [0.15, 0.2) is 0 Å². The van der Waals surface area contributed by atoms with E-state index in [2.05, 4.69) is 16.0 Å². The van der Waals surface area contributed by atoms with Crippen molar-refractivity contribution in [1.29, 1.82) is 0 Å². The van der Waals surface area contributed by atoms with Crippen molar-refractivity contribution >= 4 is 29.9 Å². The van der Waals surface area contributed by atoms with Crippen molar-refractivity contribution < 1.29 is 38.6 Å². The summed E-state index contributed by atoms with van der Waals surface area (Å²) in [6, 6.07) is 22.1. The molecule has 5 amide bonds. The third-order valence-corrected chi connectivity index (χ3v) is 7.75. The lowest BCUT2D eigenvalue weighted by Crippen LogP contribution is -2.58. The number of esters is 1. The third-order valence-electron chi connectivity index (χ3n) is 7.75. The van der Waals surface area contributed by atoms with Gasteiger partial charge in [-0.1, -0.05) is 92.7 Å². The number of aliphatic hydroxyl groups is 1. The van der Waals surface area contributed by atoms with E-state index in [1.54, 1.807) is 39.0 Å². The van der Waals surface area contributed by atoms with Crippen LogP contribution in [0.2, 0.25) is 0 Å². The van der Waals surface area contributed by atoms with Gasteiger partial charge in [-0.3, -0.25) is 14.5 Å². The highest BCUT2D eigenvalue weighted by Crippen LogP contribution is 2.15. The van der Waals surface area contributed by atoms with Gasteiger partial charge in [0.05, 0.1) is 25.8 Å². The number of nitrogens with one attached hydrogen (secondary N) is 3. The summed E-state index contributed by atoms with van der Waals surface area (Å²) in [6.45, 7) is 8.31. The van der Waals surface area contributed by atoms with Gasteiger partial charge in [0, 0.05) is 12.0 Å². The summed E-state index contributed by atoms with van der Waals surface area (Å²) in [7, 11) is 1.22. The average molecular weight is 703 g/mol. The number of ether oxygens (including phenoxy) is 2. The number of urea groups is 1. The lowest BCUT2D eigenvalue weighted by Gasteiger charge is -2.31. The number of nitrogens with zero attached hydrogens (tertiary/aromatic N) is 1. The molecule has 0 unspecified atom stereocenters. The Kier molecular flexibility index (Phi) is 15.2. The molecule has 0 bridgehead atoms. The van der Waals surface area contributed by atoms with E-state index < -0.39 is 66.3 Å². The summed E-state index contributed by atoms with van der Waals surface area (Å²) in [5, 5.41) is 19.7. The molecule has 3 aromatic rings. The van der Waals surface area contributed by atoms with E-state index in [-0.39, 0.29) is 30.7 Å². The first kappa shape index (κ1) is 40.2. The minimum Gasteiger partial charge on any atom is -0.467 e. The Morgan fingerprint density at radius 2 is 1.27 bits per heavy atom. The number of methoxy groups -OCH3 is 1. The number of carbonyl (C=O) groups excluding carboxylic acids is 5. The maximum Gasteiger partial charge on any atom is 0.407 e. The van der Waals surface area contributed by atoms with Crippen LogP contribution in [0.5, 0.6) is 0 Å². The fraction of sp³-hybridized carbons (Fsp3) is 0.410. The van der Waals surface area contributed by atoms with E-state index in [1.165, 1.54) is 19.2 Å². The van der Waals surface area contributed by atoms with Gasteiger partial charge in [0.25, 0.3) is 5.91 Å². The van der Waals surface area contributed by atoms with E-state index in [9.17, 15) is 29.1 Å². The topological polar surface area (TPSA) is 163 Å². The van der Waals surface area contributed by atoms with Gasteiger partial charge in [-0.05, 0) is 62.8 Å². The number of carbonyl (C=O) groups is 5. The Bertz CT molecular complexity index is 1580. The van der Waals surface area contributed by atoms with Crippen LogP contribution in [0.4, 0.5) is 9.59 Å². The van der Waals surface area contributed by atoms with Gasteiger partial charge in [0.1, 0.15) is 17.7 Å². The molecule has 0 aromatic heterocycles. The zero-order chi connectivity index (χ0) is 37.6. The number of imide groups is 1. The fourth-order valence-corrected chi connectivity index (χ4v) is 5.31. The van der Waals surface area contributed by atoms with Gasteiger partial charge in [-0.2, -0.15) is 0 Å². The molecular formula is C39H50N4O8. The third kappa shape index (κ3) is 13.5. The van der Waals surface area contributed by atoms with Gasteiger partial charge in [-0.15, -0.1) is 0 Å². The molecule has 0 heterocycles. The van der Waals surface area contributed by atoms with Crippen LogP contribution in [0.25, 0.3) is 0 Å². The molecule has 0 aliphatic rings. The monoisotopic (exact) mass is 702 g/mol. The predicted molar refractivity (Wildman–Crippen MR) is 193 cm³/mol. The van der Waals surface area contributed by atoms with E-state index >= 15 is 0 Å². The van der Waals surface area contributed by atoms with Crippen LogP contribution in [0.3, 0.4) is 0 Å². The zero-order valence-corrected chi connectivity index (χ0v) is 30.1. The maximum absolute atomic E-state index is 14.0. The lowest BCUT2D eigenvalue weighted by atomic mass is 10.0. The Balaban J connectivity index is 1.91. The van der Waals surface area contributed by atoms with E-state index in [0.717, 1.165) is 16.0 Å². The molecule has 12 nitrogen and oxygen atoms in total. The molecule has 0 aliphatic carbocycles. The van der Waals surface area contributed by atoms with Crippen molar-refractivity contribution in [3.8, 4) is 0 Å². The van der Waals surface area contributed by atoms with Crippen LogP contribution >= 0.6 is 0 Å².